The van der Waals surface area contributed by atoms with Crippen molar-refractivity contribution in [3.8, 4) is 11.8 Å². The van der Waals surface area contributed by atoms with Crippen molar-refractivity contribution in [1.82, 2.24) is 9.88 Å². The fourth-order valence-corrected chi connectivity index (χ4v) is 1.29. The van der Waals surface area contributed by atoms with Gasteiger partial charge in [0.1, 0.15) is 6.61 Å². The van der Waals surface area contributed by atoms with Crippen molar-refractivity contribution < 1.29 is 14.7 Å². The smallest absolute Gasteiger partial charge is 0.255 e. The van der Waals surface area contributed by atoms with Gasteiger partial charge in [0.05, 0.1) is 12.1 Å². The summed E-state index contributed by atoms with van der Waals surface area (Å²) in [6.45, 7) is -0.425. The number of nitrogens with two attached hydrogens (primary N) is 1. The average Bonchev–Trinajstić information content (AvgIpc) is 2.35. The highest BCUT2D eigenvalue weighted by molar-refractivity contribution is 5.96. The number of likely N-dealkylation sites (N-methyl/N-ethyl adjacent to an activating group) is 1. The van der Waals surface area contributed by atoms with Gasteiger partial charge in [-0.05, 0) is 6.07 Å². The van der Waals surface area contributed by atoms with Crippen molar-refractivity contribution in [3.05, 3.63) is 29.6 Å². The van der Waals surface area contributed by atoms with E-state index in [1.807, 2.05) is 0 Å². The van der Waals surface area contributed by atoms with Crippen LogP contribution in [0.1, 0.15) is 15.9 Å². The van der Waals surface area contributed by atoms with Gasteiger partial charge in [-0.3, -0.25) is 14.6 Å². The van der Waals surface area contributed by atoms with Gasteiger partial charge in [-0.1, -0.05) is 11.8 Å². The number of carbonyl (C=O) groups excluding carboxylic acids is 2. The number of nitrogens with zero attached hydrogens (tertiary/aromatic N) is 2. The van der Waals surface area contributed by atoms with E-state index in [2.05, 4.69) is 16.8 Å². The van der Waals surface area contributed by atoms with Crippen molar-refractivity contribution in [2.75, 3.05) is 20.2 Å². The van der Waals surface area contributed by atoms with Gasteiger partial charge in [-0.15, -0.1) is 0 Å². The molecule has 1 aromatic rings. The van der Waals surface area contributed by atoms with E-state index in [0.29, 0.717) is 11.1 Å². The third kappa shape index (κ3) is 3.88. The second-order valence-corrected chi connectivity index (χ2v) is 3.55. The lowest BCUT2D eigenvalue weighted by atomic mass is 10.2. The summed E-state index contributed by atoms with van der Waals surface area (Å²) in [7, 11) is 1.47. The maximum Gasteiger partial charge on any atom is 0.255 e. The lowest BCUT2D eigenvalue weighted by molar-refractivity contribution is -0.118. The Morgan fingerprint density at radius 2 is 2.22 bits per heavy atom. The van der Waals surface area contributed by atoms with Crippen LogP contribution in [0.5, 0.6) is 0 Å². The van der Waals surface area contributed by atoms with Crippen LogP contribution in [0.25, 0.3) is 0 Å². The minimum atomic E-state index is -0.588. The normalized spacial score (nSPS) is 9.22. The van der Waals surface area contributed by atoms with Crippen LogP contribution in [-0.4, -0.2) is 47.0 Å². The highest BCUT2D eigenvalue weighted by atomic mass is 16.2. The van der Waals surface area contributed by atoms with E-state index < -0.39 is 5.91 Å². The number of aromatic nitrogens is 1. The van der Waals surface area contributed by atoms with E-state index in [4.69, 9.17) is 10.8 Å². The summed E-state index contributed by atoms with van der Waals surface area (Å²) in [5, 5.41) is 8.57. The minimum Gasteiger partial charge on any atom is -0.384 e. The van der Waals surface area contributed by atoms with Crippen LogP contribution in [0.3, 0.4) is 0 Å². The molecule has 0 aliphatic rings. The molecule has 1 aromatic heterocycles. The fourth-order valence-electron chi connectivity index (χ4n) is 1.29. The molecule has 6 nitrogen and oxygen atoms in total. The summed E-state index contributed by atoms with van der Waals surface area (Å²) in [6, 6.07) is 1.54. The molecule has 2 amide bonds. The Morgan fingerprint density at radius 3 is 2.83 bits per heavy atom. The largest absolute Gasteiger partial charge is 0.384 e. The summed E-state index contributed by atoms with van der Waals surface area (Å²) < 4.78 is 0. The van der Waals surface area contributed by atoms with Gasteiger partial charge in [0.15, 0.2) is 0 Å². The zero-order valence-corrected chi connectivity index (χ0v) is 9.88. The fraction of sp³-hybridized carbons (Fsp3) is 0.250. The number of carbonyl (C=O) groups is 2. The van der Waals surface area contributed by atoms with Crippen molar-refractivity contribution in [3.63, 3.8) is 0 Å². The number of rotatable bonds is 3. The summed E-state index contributed by atoms with van der Waals surface area (Å²) >= 11 is 0. The molecule has 0 spiro atoms. The molecule has 0 bridgehead atoms. The third-order valence-electron chi connectivity index (χ3n) is 2.04. The molecular weight excluding hydrogens is 234 g/mol. The molecular formula is C12H13N3O3. The summed E-state index contributed by atoms with van der Waals surface area (Å²) in [5.41, 5.74) is 5.83. The molecule has 0 atom stereocenters. The number of hydrogen-bond donors (Lipinski definition) is 2. The Labute approximate surface area is 104 Å². The van der Waals surface area contributed by atoms with Gasteiger partial charge in [0.25, 0.3) is 5.91 Å². The van der Waals surface area contributed by atoms with Crippen LogP contribution >= 0.6 is 0 Å². The molecule has 0 radical (unpaired) electrons. The number of aliphatic hydroxyl groups excluding tert-OH is 1. The van der Waals surface area contributed by atoms with E-state index in [-0.39, 0.29) is 19.1 Å². The third-order valence-corrected chi connectivity index (χ3v) is 2.04. The molecule has 0 aliphatic carbocycles. The molecule has 0 aliphatic heterocycles. The zero-order chi connectivity index (χ0) is 13.5. The Morgan fingerprint density at radius 1 is 1.50 bits per heavy atom. The maximum absolute atomic E-state index is 11.9. The molecule has 0 fully saturated rings. The molecule has 0 saturated heterocycles. The molecule has 6 heteroatoms. The number of hydrogen-bond acceptors (Lipinski definition) is 4. The second-order valence-electron chi connectivity index (χ2n) is 3.55. The van der Waals surface area contributed by atoms with E-state index in [9.17, 15) is 9.59 Å². The maximum atomic E-state index is 11.9. The Kier molecular flexibility index (Phi) is 4.84. The quantitative estimate of drug-likeness (QED) is 0.668. The molecule has 0 saturated carbocycles. The predicted octanol–water partition coefficient (Wildman–Crippen LogP) is -1.02. The van der Waals surface area contributed by atoms with E-state index in [0.717, 1.165) is 0 Å². The Bertz CT molecular complexity index is 517. The SMILES string of the molecule is CN(CC(N)=O)C(=O)c1cncc(C#CCO)c1. The predicted molar refractivity (Wildman–Crippen MR) is 64.4 cm³/mol. The van der Waals surface area contributed by atoms with Gasteiger partial charge in [0.2, 0.25) is 5.91 Å². The highest BCUT2D eigenvalue weighted by Gasteiger charge is 2.13. The molecule has 0 aromatic carbocycles. The van der Waals surface area contributed by atoms with E-state index in [1.165, 1.54) is 30.4 Å². The van der Waals surface area contributed by atoms with Crippen LogP contribution < -0.4 is 5.73 Å². The summed E-state index contributed by atoms with van der Waals surface area (Å²) in [4.78, 5) is 27.7. The summed E-state index contributed by atoms with van der Waals surface area (Å²) in [6.07, 6.45) is 2.86. The zero-order valence-electron chi connectivity index (χ0n) is 9.88. The van der Waals surface area contributed by atoms with Gasteiger partial charge in [-0.2, -0.15) is 0 Å². The number of pyridine rings is 1. The van der Waals surface area contributed by atoms with Crippen molar-refractivity contribution in [1.29, 1.82) is 0 Å². The second kappa shape index (κ2) is 6.37. The van der Waals surface area contributed by atoms with Crippen LogP contribution in [0.15, 0.2) is 18.5 Å². The van der Waals surface area contributed by atoms with Crippen molar-refractivity contribution in [2.24, 2.45) is 5.73 Å². The van der Waals surface area contributed by atoms with Gasteiger partial charge in [0, 0.05) is 25.0 Å². The monoisotopic (exact) mass is 247 g/mol. The number of primary amides is 1. The number of aliphatic hydroxyl groups is 1. The first kappa shape index (κ1) is 13.7. The number of amides is 2. The first-order chi connectivity index (χ1) is 8.54. The van der Waals surface area contributed by atoms with E-state index in [1.54, 1.807) is 0 Å². The standard InChI is InChI=1S/C12H13N3O3/c1-15(8-11(13)17)12(18)10-5-9(3-2-4-16)6-14-7-10/h5-7,16H,4,8H2,1H3,(H2,13,17). The first-order valence-corrected chi connectivity index (χ1v) is 5.13. The molecule has 0 unspecified atom stereocenters. The minimum absolute atomic E-state index is 0.161. The van der Waals surface area contributed by atoms with Crippen molar-refractivity contribution >= 4 is 11.8 Å². The molecule has 1 rings (SSSR count). The first-order valence-electron chi connectivity index (χ1n) is 5.13. The molecule has 3 N–H and O–H groups in total. The Hall–Kier alpha value is -2.39. The Balaban J connectivity index is 2.89. The van der Waals surface area contributed by atoms with Gasteiger partial charge < -0.3 is 15.7 Å². The average molecular weight is 247 g/mol. The van der Waals surface area contributed by atoms with Crippen LogP contribution in [0, 0.1) is 11.8 Å². The highest BCUT2D eigenvalue weighted by Crippen LogP contribution is 2.04. The van der Waals surface area contributed by atoms with E-state index >= 15 is 0 Å². The van der Waals surface area contributed by atoms with Crippen LogP contribution in [0.4, 0.5) is 0 Å². The molecule has 18 heavy (non-hydrogen) atoms. The van der Waals surface area contributed by atoms with Crippen molar-refractivity contribution in [2.45, 2.75) is 0 Å². The topological polar surface area (TPSA) is 96.5 Å². The lowest BCUT2D eigenvalue weighted by Gasteiger charge is -2.14. The lowest BCUT2D eigenvalue weighted by Crippen LogP contribution is -2.35. The van der Waals surface area contributed by atoms with Crippen LogP contribution in [0.2, 0.25) is 0 Å². The molecule has 1 heterocycles. The summed E-state index contributed by atoms with van der Waals surface area (Å²) in [5.74, 6) is 4.15. The molecule has 94 valence electrons. The van der Waals surface area contributed by atoms with Gasteiger partial charge >= 0.3 is 0 Å². The van der Waals surface area contributed by atoms with Crippen LogP contribution in [-0.2, 0) is 4.79 Å². The van der Waals surface area contributed by atoms with Gasteiger partial charge in [-0.25, -0.2) is 0 Å².